The molecular weight excluding hydrogens is 277 g/mol. The van der Waals surface area contributed by atoms with Crippen LogP contribution in [0.1, 0.15) is 23.2 Å². The van der Waals surface area contributed by atoms with Crippen LogP contribution in [0.3, 0.4) is 0 Å². The van der Waals surface area contributed by atoms with Gasteiger partial charge in [0.1, 0.15) is 5.82 Å². The van der Waals surface area contributed by atoms with Gasteiger partial charge in [-0.25, -0.2) is 9.18 Å². The van der Waals surface area contributed by atoms with Crippen LogP contribution >= 0.6 is 0 Å². The molecule has 1 atom stereocenters. The van der Waals surface area contributed by atoms with Gasteiger partial charge >= 0.3 is 5.97 Å². The lowest BCUT2D eigenvalue weighted by molar-refractivity contribution is -0.124. The fourth-order valence-electron chi connectivity index (χ4n) is 2.62. The molecule has 2 rings (SSSR count). The Hall–Kier alpha value is -2.31. The highest BCUT2D eigenvalue weighted by Gasteiger charge is 2.27. The smallest absolute Gasteiger partial charge is 0.337 e. The second-order valence-corrected chi connectivity index (χ2v) is 5.10. The molecule has 1 heterocycles. The quantitative estimate of drug-likeness (QED) is 0.725. The van der Waals surface area contributed by atoms with Gasteiger partial charge in [-0.1, -0.05) is 0 Å². The molecule has 1 unspecified atom stereocenters. The Morgan fingerprint density at radius 2 is 2.19 bits per heavy atom. The van der Waals surface area contributed by atoms with Gasteiger partial charge in [-0.15, -0.1) is 0 Å². The zero-order chi connectivity index (χ0) is 15.6. The Morgan fingerprint density at radius 3 is 2.81 bits per heavy atom. The predicted octanol–water partition coefficient (Wildman–Crippen LogP) is 1.07. The van der Waals surface area contributed by atoms with E-state index in [1.54, 1.807) is 11.9 Å². The SMILES string of the molecule is CNC(=O)C1CCCN(c2cc(C(=O)O)c(N)cc2F)C1. The maximum atomic E-state index is 14.1. The van der Waals surface area contributed by atoms with Gasteiger partial charge in [-0.2, -0.15) is 0 Å². The van der Waals surface area contributed by atoms with Crippen LogP contribution in [-0.2, 0) is 4.79 Å². The van der Waals surface area contributed by atoms with Gasteiger partial charge in [0.15, 0.2) is 0 Å². The molecule has 1 amide bonds. The van der Waals surface area contributed by atoms with Crippen molar-refractivity contribution in [2.75, 3.05) is 30.8 Å². The standard InChI is InChI=1S/C14H18FN3O3/c1-17-13(19)8-3-2-4-18(7-8)12-5-9(14(20)21)11(16)6-10(12)15/h5-6,8H,2-4,7,16H2,1H3,(H,17,19)(H,20,21). The second kappa shape index (κ2) is 5.99. The summed E-state index contributed by atoms with van der Waals surface area (Å²) in [6, 6.07) is 2.25. The first-order chi connectivity index (χ1) is 9.93. The third-order valence-electron chi connectivity index (χ3n) is 3.73. The first-order valence-electron chi connectivity index (χ1n) is 6.73. The van der Waals surface area contributed by atoms with Gasteiger partial charge < -0.3 is 21.1 Å². The molecule has 1 aliphatic rings. The fraction of sp³-hybridized carbons (Fsp3) is 0.429. The Morgan fingerprint density at radius 1 is 1.48 bits per heavy atom. The van der Waals surface area contributed by atoms with Crippen molar-refractivity contribution in [2.24, 2.45) is 5.92 Å². The number of rotatable bonds is 3. The molecule has 1 aliphatic heterocycles. The maximum Gasteiger partial charge on any atom is 0.337 e. The highest BCUT2D eigenvalue weighted by molar-refractivity contribution is 5.95. The lowest BCUT2D eigenvalue weighted by atomic mass is 9.96. The average molecular weight is 295 g/mol. The third-order valence-corrected chi connectivity index (χ3v) is 3.73. The van der Waals surface area contributed by atoms with Crippen LogP contribution in [0.25, 0.3) is 0 Å². The van der Waals surface area contributed by atoms with E-state index in [1.807, 2.05) is 0 Å². The molecule has 0 aliphatic carbocycles. The maximum absolute atomic E-state index is 14.1. The van der Waals surface area contributed by atoms with Crippen molar-refractivity contribution in [1.82, 2.24) is 5.32 Å². The molecule has 7 heteroatoms. The number of anilines is 2. The number of halogens is 1. The van der Waals surface area contributed by atoms with Gasteiger partial charge in [0, 0.05) is 25.8 Å². The summed E-state index contributed by atoms with van der Waals surface area (Å²) in [5.41, 5.74) is 5.45. The number of hydrogen-bond acceptors (Lipinski definition) is 4. The van der Waals surface area contributed by atoms with Crippen LogP contribution in [-0.4, -0.2) is 37.1 Å². The number of nitrogen functional groups attached to an aromatic ring is 1. The summed E-state index contributed by atoms with van der Waals surface area (Å²) in [5, 5.41) is 11.7. The Kier molecular flexibility index (Phi) is 4.30. The number of piperidine rings is 1. The molecule has 114 valence electrons. The van der Waals surface area contributed by atoms with Crippen LogP contribution < -0.4 is 16.0 Å². The first kappa shape index (κ1) is 15.1. The molecule has 0 saturated carbocycles. The minimum atomic E-state index is -1.20. The molecule has 0 radical (unpaired) electrons. The first-order valence-corrected chi connectivity index (χ1v) is 6.73. The van der Waals surface area contributed by atoms with E-state index in [0.717, 1.165) is 18.9 Å². The van der Waals surface area contributed by atoms with Crippen LogP contribution in [0, 0.1) is 11.7 Å². The van der Waals surface area contributed by atoms with Crippen molar-refractivity contribution in [2.45, 2.75) is 12.8 Å². The molecule has 6 nitrogen and oxygen atoms in total. The van der Waals surface area contributed by atoms with E-state index in [0.29, 0.717) is 13.1 Å². The lowest BCUT2D eigenvalue weighted by Gasteiger charge is -2.34. The van der Waals surface area contributed by atoms with Crippen LogP contribution in [0.4, 0.5) is 15.8 Å². The number of nitrogens with zero attached hydrogens (tertiary/aromatic N) is 1. The number of carbonyl (C=O) groups excluding carboxylic acids is 1. The number of carboxylic acid groups (broad SMARTS) is 1. The molecule has 1 fully saturated rings. The van der Waals surface area contributed by atoms with Gasteiger partial charge in [0.25, 0.3) is 0 Å². The number of benzene rings is 1. The number of amides is 1. The predicted molar refractivity (Wildman–Crippen MR) is 76.8 cm³/mol. The molecule has 21 heavy (non-hydrogen) atoms. The number of nitrogens with two attached hydrogens (primary N) is 1. The van der Waals surface area contributed by atoms with Crippen molar-refractivity contribution in [3.8, 4) is 0 Å². The number of hydrogen-bond donors (Lipinski definition) is 3. The van der Waals surface area contributed by atoms with Gasteiger partial charge in [-0.3, -0.25) is 4.79 Å². The molecule has 0 aromatic heterocycles. The van der Waals surface area contributed by atoms with E-state index >= 15 is 0 Å². The Balaban J connectivity index is 2.30. The van der Waals surface area contributed by atoms with E-state index < -0.39 is 11.8 Å². The van der Waals surface area contributed by atoms with E-state index in [2.05, 4.69) is 5.32 Å². The van der Waals surface area contributed by atoms with Crippen molar-refractivity contribution in [3.05, 3.63) is 23.5 Å². The lowest BCUT2D eigenvalue weighted by Crippen LogP contribution is -2.42. The van der Waals surface area contributed by atoms with Crippen LogP contribution in [0.5, 0.6) is 0 Å². The summed E-state index contributed by atoms with van der Waals surface area (Å²) < 4.78 is 14.1. The summed E-state index contributed by atoms with van der Waals surface area (Å²) in [6.07, 6.45) is 1.48. The zero-order valence-corrected chi connectivity index (χ0v) is 11.7. The minimum Gasteiger partial charge on any atom is -0.478 e. The topological polar surface area (TPSA) is 95.7 Å². The van der Waals surface area contributed by atoms with Crippen LogP contribution in [0.2, 0.25) is 0 Å². The third kappa shape index (κ3) is 3.07. The monoisotopic (exact) mass is 295 g/mol. The number of carboxylic acids is 1. The largest absolute Gasteiger partial charge is 0.478 e. The Bertz CT molecular complexity index is 577. The fourth-order valence-corrected chi connectivity index (χ4v) is 2.62. The van der Waals surface area contributed by atoms with Crippen molar-refractivity contribution in [1.29, 1.82) is 0 Å². The van der Waals surface area contributed by atoms with E-state index in [1.165, 1.54) is 6.07 Å². The number of nitrogens with one attached hydrogen (secondary N) is 1. The highest BCUT2D eigenvalue weighted by Crippen LogP contribution is 2.29. The molecular formula is C14H18FN3O3. The summed E-state index contributed by atoms with van der Waals surface area (Å²) in [7, 11) is 1.56. The minimum absolute atomic E-state index is 0.0889. The molecule has 0 bridgehead atoms. The van der Waals surface area contributed by atoms with Gasteiger partial charge in [0.2, 0.25) is 5.91 Å². The summed E-state index contributed by atoms with van der Waals surface area (Å²) in [5.74, 6) is -2.09. The van der Waals surface area contributed by atoms with E-state index in [4.69, 9.17) is 10.8 Å². The molecule has 0 spiro atoms. The number of aromatic carboxylic acids is 1. The summed E-state index contributed by atoms with van der Waals surface area (Å²) in [6.45, 7) is 0.937. The molecule has 1 aromatic rings. The number of carbonyl (C=O) groups is 2. The highest BCUT2D eigenvalue weighted by atomic mass is 19.1. The van der Waals surface area contributed by atoms with Crippen LogP contribution in [0.15, 0.2) is 12.1 Å². The van der Waals surface area contributed by atoms with Gasteiger partial charge in [-0.05, 0) is 25.0 Å². The molecule has 1 saturated heterocycles. The van der Waals surface area contributed by atoms with Crippen molar-refractivity contribution in [3.63, 3.8) is 0 Å². The van der Waals surface area contributed by atoms with E-state index in [-0.39, 0.29) is 28.8 Å². The van der Waals surface area contributed by atoms with E-state index in [9.17, 15) is 14.0 Å². The average Bonchev–Trinajstić information content (AvgIpc) is 2.46. The normalized spacial score (nSPS) is 18.4. The second-order valence-electron chi connectivity index (χ2n) is 5.10. The van der Waals surface area contributed by atoms with Crippen molar-refractivity contribution >= 4 is 23.3 Å². The molecule has 4 N–H and O–H groups in total. The summed E-state index contributed by atoms with van der Waals surface area (Å²) >= 11 is 0. The van der Waals surface area contributed by atoms with Gasteiger partial charge in [0.05, 0.1) is 17.2 Å². The molecule has 1 aromatic carbocycles. The summed E-state index contributed by atoms with van der Waals surface area (Å²) in [4.78, 5) is 24.5. The zero-order valence-electron chi connectivity index (χ0n) is 11.7. The van der Waals surface area contributed by atoms with Crippen molar-refractivity contribution < 1.29 is 19.1 Å². The Labute approximate surface area is 121 Å².